The Kier molecular flexibility index (Phi) is 5.84. The molecule has 0 aliphatic rings. The summed E-state index contributed by atoms with van der Waals surface area (Å²) in [5.41, 5.74) is 7.32. The second-order valence-electron chi connectivity index (χ2n) is 6.53. The van der Waals surface area contributed by atoms with Gasteiger partial charge in [0.1, 0.15) is 11.9 Å². The number of hydrogen-bond donors (Lipinski definition) is 1. The number of carbonyl (C=O) groups is 2. The van der Waals surface area contributed by atoms with Gasteiger partial charge < -0.3 is 10.6 Å². The van der Waals surface area contributed by atoms with Crippen LogP contribution in [0.1, 0.15) is 40.5 Å². The Morgan fingerprint density at radius 3 is 2.00 bits per heavy atom. The van der Waals surface area contributed by atoms with Crippen molar-refractivity contribution < 1.29 is 14.0 Å². The van der Waals surface area contributed by atoms with Crippen LogP contribution in [0.4, 0.5) is 4.39 Å². The van der Waals surface area contributed by atoms with Gasteiger partial charge in [0.05, 0.1) is 6.04 Å². The molecule has 0 heterocycles. The number of halogens is 1. The minimum Gasteiger partial charge on any atom is -0.368 e. The lowest BCUT2D eigenvalue weighted by molar-refractivity contribution is -0.123. The third kappa shape index (κ3) is 4.09. The van der Waals surface area contributed by atoms with Gasteiger partial charge in [0.2, 0.25) is 5.91 Å². The van der Waals surface area contributed by atoms with Gasteiger partial charge in [-0.15, -0.1) is 0 Å². The molecule has 5 heteroatoms. The minimum atomic E-state index is -0.993. The van der Waals surface area contributed by atoms with Gasteiger partial charge in [-0.05, 0) is 42.3 Å². The van der Waals surface area contributed by atoms with Crippen LogP contribution in [-0.2, 0) is 4.79 Å². The molecule has 3 rings (SSSR count). The molecular formula is C23H21FN2O2. The van der Waals surface area contributed by atoms with Crippen LogP contribution in [0.5, 0.6) is 0 Å². The van der Waals surface area contributed by atoms with Crippen molar-refractivity contribution in [3.8, 4) is 0 Å². The van der Waals surface area contributed by atoms with Crippen LogP contribution in [0.15, 0.2) is 84.9 Å². The van der Waals surface area contributed by atoms with E-state index in [9.17, 15) is 14.0 Å². The minimum absolute atomic E-state index is 0.356. The standard InChI is InChI=1S/C23H21FN2O2/c1-16(19-13-8-14-20(24)15-19)26(23(28)18-11-6-3-7-12-18)21(22(25)27)17-9-4-2-5-10-17/h2-16,21H,1H3,(H2,25,27)/t16-,21+/m1/s1. The zero-order valence-electron chi connectivity index (χ0n) is 15.5. The largest absolute Gasteiger partial charge is 0.368 e. The van der Waals surface area contributed by atoms with Crippen molar-refractivity contribution in [1.29, 1.82) is 0 Å². The maximum Gasteiger partial charge on any atom is 0.255 e. The normalized spacial score (nSPS) is 12.8. The third-order valence-corrected chi connectivity index (χ3v) is 4.67. The highest BCUT2D eigenvalue weighted by Gasteiger charge is 2.34. The maximum absolute atomic E-state index is 13.8. The number of carbonyl (C=O) groups excluding carboxylic acids is 2. The van der Waals surface area contributed by atoms with Crippen molar-refractivity contribution in [2.45, 2.75) is 19.0 Å². The van der Waals surface area contributed by atoms with E-state index in [0.717, 1.165) is 0 Å². The molecular weight excluding hydrogens is 355 g/mol. The van der Waals surface area contributed by atoms with Crippen LogP contribution in [0.2, 0.25) is 0 Å². The zero-order chi connectivity index (χ0) is 20.1. The van der Waals surface area contributed by atoms with E-state index in [2.05, 4.69) is 0 Å². The number of nitrogens with two attached hydrogens (primary N) is 1. The molecule has 0 saturated heterocycles. The van der Waals surface area contributed by atoms with Crippen LogP contribution >= 0.6 is 0 Å². The van der Waals surface area contributed by atoms with Gasteiger partial charge in [0.25, 0.3) is 5.91 Å². The van der Waals surface area contributed by atoms with Gasteiger partial charge in [-0.3, -0.25) is 9.59 Å². The topological polar surface area (TPSA) is 63.4 Å². The SMILES string of the molecule is C[C@H](c1cccc(F)c1)N(C(=O)c1ccccc1)[C@H](C(N)=O)c1ccccc1. The predicted molar refractivity (Wildman–Crippen MR) is 106 cm³/mol. The van der Waals surface area contributed by atoms with E-state index in [4.69, 9.17) is 5.73 Å². The fourth-order valence-corrected chi connectivity index (χ4v) is 3.27. The smallest absolute Gasteiger partial charge is 0.255 e. The van der Waals surface area contributed by atoms with Gasteiger partial charge >= 0.3 is 0 Å². The summed E-state index contributed by atoms with van der Waals surface area (Å²) in [6, 6.07) is 22.0. The summed E-state index contributed by atoms with van der Waals surface area (Å²) >= 11 is 0. The summed E-state index contributed by atoms with van der Waals surface area (Å²) < 4.78 is 13.8. The van der Waals surface area contributed by atoms with Gasteiger partial charge in [0.15, 0.2) is 0 Å². The Morgan fingerprint density at radius 2 is 1.43 bits per heavy atom. The molecule has 2 N–H and O–H groups in total. The Bertz CT molecular complexity index is 961. The van der Waals surface area contributed by atoms with Crippen molar-refractivity contribution >= 4 is 11.8 Å². The van der Waals surface area contributed by atoms with Gasteiger partial charge in [-0.25, -0.2) is 4.39 Å². The molecule has 2 amide bonds. The Hall–Kier alpha value is -3.47. The summed E-state index contributed by atoms with van der Waals surface area (Å²) in [5.74, 6) is -1.42. The fourth-order valence-electron chi connectivity index (χ4n) is 3.27. The van der Waals surface area contributed by atoms with Gasteiger partial charge in [-0.1, -0.05) is 60.7 Å². The van der Waals surface area contributed by atoms with E-state index in [1.165, 1.54) is 17.0 Å². The second-order valence-corrected chi connectivity index (χ2v) is 6.53. The van der Waals surface area contributed by atoms with Crippen LogP contribution in [-0.4, -0.2) is 16.7 Å². The molecule has 4 nitrogen and oxygen atoms in total. The number of benzene rings is 3. The van der Waals surface area contributed by atoms with E-state index >= 15 is 0 Å². The van der Waals surface area contributed by atoms with Gasteiger partial charge in [-0.2, -0.15) is 0 Å². The molecule has 0 bridgehead atoms. The van der Waals surface area contributed by atoms with Crippen LogP contribution in [0, 0.1) is 5.82 Å². The lowest BCUT2D eigenvalue weighted by Gasteiger charge is -2.35. The molecule has 142 valence electrons. The molecule has 0 aromatic heterocycles. The van der Waals surface area contributed by atoms with E-state index in [1.54, 1.807) is 73.7 Å². The van der Waals surface area contributed by atoms with Crippen molar-refractivity contribution in [1.82, 2.24) is 4.90 Å². The summed E-state index contributed by atoms with van der Waals surface area (Å²) in [6.07, 6.45) is 0. The van der Waals surface area contributed by atoms with E-state index < -0.39 is 23.8 Å². The first kappa shape index (κ1) is 19.3. The predicted octanol–water partition coefficient (Wildman–Crippen LogP) is 4.26. The van der Waals surface area contributed by atoms with E-state index in [-0.39, 0.29) is 5.91 Å². The van der Waals surface area contributed by atoms with Crippen LogP contribution in [0.25, 0.3) is 0 Å². The molecule has 0 unspecified atom stereocenters. The Balaban J connectivity index is 2.12. The van der Waals surface area contributed by atoms with Gasteiger partial charge in [0, 0.05) is 5.56 Å². The third-order valence-electron chi connectivity index (χ3n) is 4.67. The number of rotatable bonds is 6. The molecule has 0 fully saturated rings. The highest BCUT2D eigenvalue weighted by molar-refractivity contribution is 5.98. The molecule has 0 aliphatic carbocycles. The van der Waals surface area contributed by atoms with Crippen molar-refractivity contribution in [3.05, 3.63) is 107 Å². The number of amides is 2. The summed E-state index contributed by atoms with van der Waals surface area (Å²) in [6.45, 7) is 1.76. The summed E-state index contributed by atoms with van der Waals surface area (Å²) in [4.78, 5) is 27.2. The highest BCUT2D eigenvalue weighted by atomic mass is 19.1. The van der Waals surface area contributed by atoms with Crippen LogP contribution < -0.4 is 5.73 Å². The Morgan fingerprint density at radius 1 is 0.857 bits per heavy atom. The molecule has 2 atom stereocenters. The summed E-state index contributed by atoms with van der Waals surface area (Å²) in [7, 11) is 0. The van der Waals surface area contributed by atoms with E-state index in [1.807, 2.05) is 6.07 Å². The molecule has 28 heavy (non-hydrogen) atoms. The fraction of sp³-hybridized carbons (Fsp3) is 0.130. The first-order valence-corrected chi connectivity index (χ1v) is 8.96. The van der Waals surface area contributed by atoms with E-state index in [0.29, 0.717) is 16.7 Å². The lowest BCUT2D eigenvalue weighted by atomic mass is 9.98. The molecule has 3 aromatic carbocycles. The monoisotopic (exact) mass is 376 g/mol. The summed E-state index contributed by atoms with van der Waals surface area (Å²) in [5, 5.41) is 0. The maximum atomic E-state index is 13.8. The zero-order valence-corrected chi connectivity index (χ0v) is 15.5. The average molecular weight is 376 g/mol. The second kappa shape index (κ2) is 8.48. The first-order chi connectivity index (χ1) is 13.5. The highest BCUT2D eigenvalue weighted by Crippen LogP contribution is 2.32. The molecule has 0 radical (unpaired) electrons. The molecule has 0 aliphatic heterocycles. The van der Waals surface area contributed by atoms with Crippen LogP contribution in [0.3, 0.4) is 0 Å². The van der Waals surface area contributed by atoms with Crippen molar-refractivity contribution in [2.24, 2.45) is 5.73 Å². The Labute approximate surface area is 163 Å². The van der Waals surface area contributed by atoms with Crippen molar-refractivity contribution in [3.63, 3.8) is 0 Å². The molecule has 3 aromatic rings. The lowest BCUT2D eigenvalue weighted by Crippen LogP contribution is -2.43. The quantitative estimate of drug-likeness (QED) is 0.699. The first-order valence-electron chi connectivity index (χ1n) is 8.96. The molecule has 0 spiro atoms. The van der Waals surface area contributed by atoms with Crippen molar-refractivity contribution in [2.75, 3.05) is 0 Å². The number of primary amides is 1. The molecule has 0 saturated carbocycles. The number of hydrogen-bond acceptors (Lipinski definition) is 2. The number of nitrogens with zero attached hydrogens (tertiary/aromatic N) is 1. The average Bonchev–Trinajstić information content (AvgIpc) is 2.72.